The van der Waals surface area contributed by atoms with Gasteiger partial charge in [-0.15, -0.1) is 0 Å². The van der Waals surface area contributed by atoms with E-state index in [1.54, 1.807) is 18.2 Å². The number of anilines is 1. The summed E-state index contributed by atoms with van der Waals surface area (Å²) in [5.74, 6) is -0.879. The van der Waals surface area contributed by atoms with Gasteiger partial charge in [-0.2, -0.15) is 5.26 Å². The third kappa shape index (κ3) is 7.05. The molecule has 1 unspecified atom stereocenters. The van der Waals surface area contributed by atoms with Gasteiger partial charge in [0.15, 0.2) is 0 Å². The molecule has 0 spiro atoms. The first kappa shape index (κ1) is 37.4. The van der Waals surface area contributed by atoms with Crippen LogP contribution in [0.3, 0.4) is 0 Å². The lowest BCUT2D eigenvalue weighted by Crippen LogP contribution is -2.55. The van der Waals surface area contributed by atoms with Gasteiger partial charge in [-0.3, -0.25) is 34.4 Å². The molecule has 1 N–H and O–H groups in total. The van der Waals surface area contributed by atoms with E-state index in [2.05, 4.69) is 56.0 Å². The first-order valence-electron chi connectivity index (χ1n) is 20.1. The number of ether oxygens (including phenoxy) is 2. The summed E-state index contributed by atoms with van der Waals surface area (Å²) in [5, 5.41) is 14.5. The van der Waals surface area contributed by atoms with E-state index in [9.17, 15) is 24.4 Å². The molecule has 3 fully saturated rings. The highest BCUT2D eigenvalue weighted by atomic mass is 16.5. The van der Waals surface area contributed by atoms with Crippen molar-refractivity contribution in [1.29, 1.82) is 5.26 Å². The molecule has 2 aromatic carbocycles. The van der Waals surface area contributed by atoms with Gasteiger partial charge in [-0.25, -0.2) is 4.98 Å². The van der Waals surface area contributed by atoms with Crippen LogP contribution in [0.15, 0.2) is 67.1 Å². The van der Waals surface area contributed by atoms with Crippen LogP contribution in [0.25, 0.3) is 32.9 Å². The Kier molecular flexibility index (Phi) is 10.1. The van der Waals surface area contributed by atoms with E-state index in [4.69, 9.17) is 14.5 Å². The molecule has 4 amide bonds. The Labute approximate surface area is 335 Å². The number of likely N-dealkylation sites (tertiary alicyclic amines) is 1. The number of nitrogens with zero attached hydrogens (tertiary/aromatic N) is 7. The fraction of sp³-hybridized carbons (Fsp3) is 0.386. The summed E-state index contributed by atoms with van der Waals surface area (Å²) in [5.41, 5.74) is 5.19. The summed E-state index contributed by atoms with van der Waals surface area (Å²) in [6.45, 7) is 4.94. The first-order valence-corrected chi connectivity index (χ1v) is 20.1. The van der Waals surface area contributed by atoms with Crippen molar-refractivity contribution in [2.75, 3.05) is 44.2 Å². The number of nitriles is 1. The summed E-state index contributed by atoms with van der Waals surface area (Å²) in [4.78, 5) is 64.5. The van der Waals surface area contributed by atoms with E-state index in [1.807, 2.05) is 30.7 Å². The Balaban J connectivity index is 0.683. The molecule has 5 aromatic rings. The Bertz CT molecular complexity index is 2500. The van der Waals surface area contributed by atoms with Gasteiger partial charge in [0.25, 0.3) is 11.8 Å². The maximum Gasteiger partial charge on any atom is 0.262 e. The molecule has 0 bridgehead atoms. The Morgan fingerprint density at radius 1 is 0.845 bits per heavy atom. The molecule has 0 saturated carbocycles. The second kappa shape index (κ2) is 15.6. The van der Waals surface area contributed by atoms with Crippen molar-refractivity contribution in [2.24, 2.45) is 7.05 Å². The third-order valence-corrected chi connectivity index (χ3v) is 12.0. The molecular weight excluding hydrogens is 737 g/mol. The van der Waals surface area contributed by atoms with E-state index in [0.29, 0.717) is 23.7 Å². The van der Waals surface area contributed by atoms with Crippen molar-refractivity contribution < 1.29 is 28.7 Å². The van der Waals surface area contributed by atoms with Crippen LogP contribution >= 0.6 is 0 Å². The summed E-state index contributed by atoms with van der Waals surface area (Å²) >= 11 is 0. The van der Waals surface area contributed by atoms with Gasteiger partial charge in [-0.1, -0.05) is 12.1 Å². The molecule has 3 aromatic heterocycles. The van der Waals surface area contributed by atoms with Crippen LogP contribution in [-0.4, -0.2) is 106 Å². The second-order valence-corrected chi connectivity index (χ2v) is 15.7. The second-order valence-electron chi connectivity index (χ2n) is 15.7. The maximum absolute atomic E-state index is 13.1. The van der Waals surface area contributed by atoms with E-state index in [0.717, 1.165) is 103 Å². The van der Waals surface area contributed by atoms with Gasteiger partial charge in [0.2, 0.25) is 11.8 Å². The van der Waals surface area contributed by atoms with Gasteiger partial charge in [0, 0.05) is 80.1 Å². The van der Waals surface area contributed by atoms with Crippen LogP contribution < -0.4 is 15.0 Å². The number of carbonyl (C=O) groups excluding carboxylic acids is 4. The monoisotopic (exact) mass is 780 g/mol. The number of unbranched alkanes of at least 4 members (excludes halogenated alkanes) is 2. The number of nitrogens with one attached hydrogen (secondary N) is 1. The Morgan fingerprint density at radius 3 is 2.48 bits per heavy atom. The smallest absolute Gasteiger partial charge is 0.262 e. The number of piperidine rings is 2. The lowest BCUT2D eigenvalue weighted by atomic mass is 10.0. The molecule has 0 aliphatic carbocycles. The molecule has 1 atom stereocenters. The van der Waals surface area contributed by atoms with Crippen molar-refractivity contribution in [3.63, 3.8) is 0 Å². The number of hydrogen-bond acceptors (Lipinski definition) is 11. The summed E-state index contributed by atoms with van der Waals surface area (Å²) in [6.07, 6.45) is 11.0. The van der Waals surface area contributed by atoms with Crippen LogP contribution in [0.5, 0.6) is 5.75 Å². The normalized spacial score (nSPS) is 19.1. The number of benzene rings is 2. The zero-order valence-electron chi connectivity index (χ0n) is 32.4. The topological polar surface area (TPSA) is 163 Å². The predicted molar refractivity (Wildman–Crippen MR) is 215 cm³/mol. The quantitative estimate of drug-likeness (QED) is 0.134. The average Bonchev–Trinajstić information content (AvgIpc) is 3.65. The molecular formula is C44H44N8O6. The summed E-state index contributed by atoms with van der Waals surface area (Å²) in [6, 6.07) is 16.5. The number of pyridine rings is 2. The SMILES string of the molecule is Cn1c2ccncc2c2ccc(-c3cnc(N4CC(OC5CCN(CCCCCOc6ccc7c(c6)C(=O)N(C6CCC(=O)NC6=O)C7=O)CC5)C4)c(C#N)c3)cc21. The van der Waals surface area contributed by atoms with E-state index < -0.39 is 29.7 Å². The fourth-order valence-corrected chi connectivity index (χ4v) is 8.77. The fourth-order valence-electron chi connectivity index (χ4n) is 8.77. The zero-order valence-corrected chi connectivity index (χ0v) is 32.4. The average molecular weight is 781 g/mol. The Morgan fingerprint density at radius 2 is 1.67 bits per heavy atom. The number of hydrogen-bond donors (Lipinski definition) is 1. The molecule has 58 heavy (non-hydrogen) atoms. The van der Waals surface area contributed by atoms with E-state index in [-0.39, 0.29) is 36.2 Å². The molecule has 9 rings (SSSR count). The molecule has 4 aliphatic rings. The largest absolute Gasteiger partial charge is 0.494 e. The third-order valence-electron chi connectivity index (χ3n) is 12.0. The van der Waals surface area contributed by atoms with Crippen molar-refractivity contribution in [3.05, 3.63) is 83.8 Å². The maximum atomic E-state index is 13.1. The van der Waals surface area contributed by atoms with Gasteiger partial charge in [-0.05, 0) is 87.0 Å². The predicted octanol–water partition coefficient (Wildman–Crippen LogP) is 4.98. The van der Waals surface area contributed by atoms with Crippen molar-refractivity contribution in [1.82, 2.24) is 29.7 Å². The van der Waals surface area contributed by atoms with Crippen LogP contribution in [0.1, 0.15) is 71.2 Å². The standard InChI is InChI=1S/C44H44N8O6/c1-49-37-11-14-46-24-36(37)33-7-5-27(20-39(33)49)29-19-28(22-45)41(47-23-29)51-25-32(26-51)58-30-12-16-50(17-13-30)15-3-2-4-18-57-31-6-8-34-35(21-31)44(56)52(43(34)55)38-9-10-40(53)48-42(38)54/h5-8,11,14,19-21,23-24,30,32,38H,2-4,9-10,12-13,15-18,25-26H2,1H3,(H,48,53,54). The highest BCUT2D eigenvalue weighted by Gasteiger charge is 2.44. The van der Waals surface area contributed by atoms with Gasteiger partial charge < -0.3 is 23.8 Å². The van der Waals surface area contributed by atoms with Crippen LogP contribution in [0.4, 0.5) is 5.82 Å². The molecule has 3 saturated heterocycles. The van der Waals surface area contributed by atoms with Crippen LogP contribution in [0.2, 0.25) is 0 Å². The molecule has 4 aliphatic heterocycles. The number of rotatable bonds is 12. The minimum atomic E-state index is -0.988. The lowest BCUT2D eigenvalue weighted by molar-refractivity contribution is -0.136. The van der Waals surface area contributed by atoms with E-state index in [1.165, 1.54) is 0 Å². The van der Waals surface area contributed by atoms with Crippen LogP contribution in [-0.2, 0) is 21.4 Å². The van der Waals surface area contributed by atoms with Crippen LogP contribution in [0, 0.1) is 11.3 Å². The highest BCUT2D eigenvalue weighted by Crippen LogP contribution is 2.34. The van der Waals surface area contributed by atoms with E-state index >= 15 is 0 Å². The highest BCUT2D eigenvalue weighted by molar-refractivity contribution is 6.23. The minimum Gasteiger partial charge on any atom is -0.494 e. The minimum absolute atomic E-state index is 0.0814. The van der Waals surface area contributed by atoms with Crippen molar-refractivity contribution in [3.8, 4) is 22.9 Å². The first-order chi connectivity index (χ1) is 28.2. The molecule has 0 radical (unpaired) electrons. The molecule has 14 heteroatoms. The van der Waals surface area contributed by atoms with Crippen molar-refractivity contribution >= 4 is 51.3 Å². The van der Waals surface area contributed by atoms with Gasteiger partial charge in [0.1, 0.15) is 23.7 Å². The number of amides is 4. The number of aryl methyl sites for hydroxylation is 1. The summed E-state index contributed by atoms with van der Waals surface area (Å²) < 4.78 is 14.6. The number of carbonyl (C=O) groups is 4. The molecule has 14 nitrogen and oxygen atoms in total. The Hall–Kier alpha value is -6.17. The van der Waals surface area contributed by atoms with Crippen molar-refractivity contribution in [2.45, 2.75) is 63.2 Å². The molecule has 7 heterocycles. The number of aromatic nitrogens is 3. The number of imide groups is 2. The molecule has 296 valence electrons. The van der Waals surface area contributed by atoms with Gasteiger partial charge in [0.05, 0.1) is 41.0 Å². The summed E-state index contributed by atoms with van der Waals surface area (Å²) in [7, 11) is 2.06. The van der Waals surface area contributed by atoms with Gasteiger partial charge >= 0.3 is 0 Å². The number of fused-ring (bicyclic) bond motifs is 4. The lowest BCUT2D eigenvalue weighted by Gasteiger charge is -2.43. The zero-order chi connectivity index (χ0) is 39.9.